The second-order valence-corrected chi connectivity index (χ2v) is 6.34. The van der Waals surface area contributed by atoms with Gasteiger partial charge in [-0.2, -0.15) is 13.2 Å². The number of likely N-dealkylation sites (N-methyl/N-ethyl adjacent to an activating group) is 1. The molecule has 27 heavy (non-hydrogen) atoms. The molecule has 1 N–H and O–H groups in total. The van der Waals surface area contributed by atoms with E-state index in [4.69, 9.17) is 0 Å². The number of amides is 1. The Hall–Kier alpha value is -3.07. The average Bonchev–Trinajstić information content (AvgIpc) is 2.85. The van der Waals surface area contributed by atoms with E-state index in [0.29, 0.717) is 23.4 Å². The summed E-state index contributed by atoms with van der Waals surface area (Å²) in [6.07, 6.45) is -3.75. The molecule has 1 aliphatic rings. The van der Waals surface area contributed by atoms with E-state index in [9.17, 15) is 22.8 Å². The second-order valence-electron chi connectivity index (χ2n) is 6.34. The fourth-order valence-electron chi connectivity index (χ4n) is 2.73. The number of nitrogens with one attached hydrogen (secondary N) is 1. The molecule has 0 spiro atoms. The summed E-state index contributed by atoms with van der Waals surface area (Å²) in [6, 6.07) is 4.51. The summed E-state index contributed by atoms with van der Waals surface area (Å²) in [5, 5.41) is 2.63. The van der Waals surface area contributed by atoms with E-state index in [1.807, 2.05) is 0 Å². The number of benzene rings is 1. The Kier molecular flexibility index (Phi) is 4.56. The van der Waals surface area contributed by atoms with Gasteiger partial charge in [-0.15, -0.1) is 0 Å². The number of halogens is 3. The van der Waals surface area contributed by atoms with Crippen LogP contribution >= 0.6 is 0 Å². The molecule has 1 heterocycles. The zero-order valence-corrected chi connectivity index (χ0v) is 14.5. The summed E-state index contributed by atoms with van der Waals surface area (Å²) >= 11 is 0. The van der Waals surface area contributed by atoms with Crippen LogP contribution in [0.25, 0.3) is 11.1 Å². The highest BCUT2D eigenvalue weighted by Crippen LogP contribution is 2.38. The van der Waals surface area contributed by atoms with Crippen LogP contribution in [0, 0.1) is 0 Å². The Balaban J connectivity index is 1.89. The number of aromatic nitrogens is 2. The van der Waals surface area contributed by atoms with Crippen LogP contribution in [0.4, 0.5) is 18.9 Å². The highest BCUT2D eigenvalue weighted by molar-refractivity contribution is 6.21. The maximum atomic E-state index is 12.8. The molecule has 0 aliphatic heterocycles. The standard InChI is InChI=1S/C18H15F3N4O2/c1-9(8-25(2)3)16(27)23-10-4-5-11-12(6-10)15(26)14-13(11)7-22-17(24-14)18(19,20)21/h4-7H,1,8H2,2-3H3,(H,23,27). The van der Waals surface area contributed by atoms with Crippen LogP contribution < -0.4 is 5.32 Å². The molecule has 0 bridgehead atoms. The molecule has 0 fully saturated rings. The van der Waals surface area contributed by atoms with Crippen LogP contribution in [0.3, 0.4) is 0 Å². The van der Waals surface area contributed by atoms with Crippen molar-refractivity contribution in [1.29, 1.82) is 0 Å². The second kappa shape index (κ2) is 6.58. The zero-order valence-electron chi connectivity index (χ0n) is 14.5. The lowest BCUT2D eigenvalue weighted by Crippen LogP contribution is -2.23. The molecule has 0 unspecified atom stereocenters. The summed E-state index contributed by atoms with van der Waals surface area (Å²) in [4.78, 5) is 33.1. The Labute approximate surface area is 152 Å². The van der Waals surface area contributed by atoms with Gasteiger partial charge in [0.15, 0.2) is 0 Å². The summed E-state index contributed by atoms with van der Waals surface area (Å²) in [5.74, 6) is -2.42. The maximum absolute atomic E-state index is 12.8. The van der Waals surface area contributed by atoms with Crippen molar-refractivity contribution in [3.8, 4) is 11.1 Å². The predicted octanol–water partition coefficient (Wildman–Crippen LogP) is 2.76. The summed E-state index contributed by atoms with van der Waals surface area (Å²) in [5.41, 5.74) is 1.19. The highest BCUT2D eigenvalue weighted by atomic mass is 19.4. The SMILES string of the molecule is C=C(CN(C)C)C(=O)Nc1ccc2c(c1)C(=O)c1nc(C(F)(F)F)ncc1-2. The number of anilines is 1. The van der Waals surface area contributed by atoms with Crippen LogP contribution in [0.5, 0.6) is 0 Å². The van der Waals surface area contributed by atoms with E-state index >= 15 is 0 Å². The van der Waals surface area contributed by atoms with E-state index < -0.39 is 23.7 Å². The van der Waals surface area contributed by atoms with Crippen molar-refractivity contribution in [3.63, 3.8) is 0 Å². The summed E-state index contributed by atoms with van der Waals surface area (Å²) < 4.78 is 38.4. The first-order valence-corrected chi connectivity index (χ1v) is 7.85. The minimum Gasteiger partial charge on any atom is -0.322 e. The molecular weight excluding hydrogens is 361 g/mol. The first-order valence-electron chi connectivity index (χ1n) is 7.85. The predicted molar refractivity (Wildman–Crippen MR) is 92.2 cm³/mol. The number of nitrogens with zero attached hydrogens (tertiary/aromatic N) is 3. The molecule has 3 rings (SSSR count). The first kappa shape index (κ1) is 18.7. The van der Waals surface area contributed by atoms with Gasteiger partial charge in [0.05, 0.1) is 0 Å². The van der Waals surface area contributed by atoms with Crippen LogP contribution in [0.1, 0.15) is 21.9 Å². The maximum Gasteiger partial charge on any atom is 0.451 e. The molecule has 1 aromatic carbocycles. The highest BCUT2D eigenvalue weighted by Gasteiger charge is 2.38. The third-order valence-corrected chi connectivity index (χ3v) is 3.90. The Bertz CT molecular complexity index is 968. The van der Waals surface area contributed by atoms with Gasteiger partial charge in [0.1, 0.15) is 5.69 Å². The van der Waals surface area contributed by atoms with Gasteiger partial charge in [-0.1, -0.05) is 12.6 Å². The monoisotopic (exact) mass is 376 g/mol. The van der Waals surface area contributed by atoms with E-state index in [1.54, 1.807) is 31.1 Å². The molecular formula is C18H15F3N4O2. The number of carbonyl (C=O) groups is 2. The molecule has 140 valence electrons. The van der Waals surface area contributed by atoms with Gasteiger partial charge in [-0.3, -0.25) is 9.59 Å². The van der Waals surface area contributed by atoms with E-state index in [2.05, 4.69) is 21.9 Å². The Morgan fingerprint density at radius 1 is 1.22 bits per heavy atom. The molecule has 1 aliphatic carbocycles. The van der Waals surface area contributed by atoms with E-state index in [-0.39, 0.29) is 16.8 Å². The van der Waals surface area contributed by atoms with Crippen LogP contribution in [0.2, 0.25) is 0 Å². The Morgan fingerprint density at radius 3 is 2.56 bits per heavy atom. The van der Waals surface area contributed by atoms with Crippen molar-refractivity contribution in [2.24, 2.45) is 0 Å². The van der Waals surface area contributed by atoms with E-state index in [1.165, 1.54) is 6.07 Å². The molecule has 1 aromatic heterocycles. The molecule has 0 radical (unpaired) electrons. The van der Waals surface area contributed by atoms with Gasteiger partial charge in [-0.05, 0) is 31.8 Å². The molecule has 0 saturated heterocycles. The van der Waals surface area contributed by atoms with Gasteiger partial charge in [-0.25, -0.2) is 9.97 Å². The molecule has 1 amide bonds. The van der Waals surface area contributed by atoms with Crippen molar-refractivity contribution < 1.29 is 22.8 Å². The van der Waals surface area contributed by atoms with Crippen LogP contribution in [-0.4, -0.2) is 47.2 Å². The van der Waals surface area contributed by atoms with Crippen molar-refractivity contribution in [2.45, 2.75) is 6.18 Å². The molecule has 0 saturated carbocycles. The van der Waals surface area contributed by atoms with Gasteiger partial charge >= 0.3 is 6.18 Å². The number of carbonyl (C=O) groups excluding carboxylic acids is 2. The molecule has 0 atom stereocenters. The summed E-state index contributed by atoms with van der Waals surface area (Å²) in [7, 11) is 3.58. The minimum atomic E-state index is -4.74. The number of rotatable bonds is 4. The van der Waals surface area contributed by atoms with Gasteiger partial charge < -0.3 is 10.2 Å². The molecule has 9 heteroatoms. The minimum absolute atomic E-state index is 0.162. The van der Waals surface area contributed by atoms with Crippen molar-refractivity contribution in [1.82, 2.24) is 14.9 Å². The first-order chi connectivity index (χ1) is 12.6. The smallest absolute Gasteiger partial charge is 0.322 e. The largest absolute Gasteiger partial charge is 0.451 e. The average molecular weight is 376 g/mol. The number of fused-ring (bicyclic) bond motifs is 3. The topological polar surface area (TPSA) is 75.2 Å². The third-order valence-electron chi connectivity index (χ3n) is 3.90. The lowest BCUT2D eigenvalue weighted by atomic mass is 10.1. The number of ketones is 1. The lowest BCUT2D eigenvalue weighted by molar-refractivity contribution is -0.145. The molecule has 2 aromatic rings. The van der Waals surface area contributed by atoms with Crippen molar-refractivity contribution >= 4 is 17.4 Å². The van der Waals surface area contributed by atoms with E-state index in [0.717, 1.165) is 6.20 Å². The van der Waals surface area contributed by atoms with Gasteiger partial charge in [0.2, 0.25) is 11.6 Å². The summed E-state index contributed by atoms with van der Waals surface area (Å²) in [6.45, 7) is 4.06. The van der Waals surface area contributed by atoms with Crippen LogP contribution in [-0.2, 0) is 11.0 Å². The van der Waals surface area contributed by atoms with Crippen molar-refractivity contribution in [3.05, 3.63) is 53.6 Å². The third kappa shape index (κ3) is 3.59. The fraction of sp³-hybridized carbons (Fsp3) is 0.222. The molecule has 6 nitrogen and oxygen atoms in total. The zero-order chi connectivity index (χ0) is 19.9. The fourth-order valence-corrected chi connectivity index (χ4v) is 2.73. The van der Waals surface area contributed by atoms with Gasteiger partial charge in [0.25, 0.3) is 5.91 Å². The number of hydrogen-bond donors (Lipinski definition) is 1. The number of hydrogen-bond acceptors (Lipinski definition) is 5. The Morgan fingerprint density at radius 2 is 1.93 bits per heavy atom. The van der Waals surface area contributed by atoms with Gasteiger partial charge in [0, 0.05) is 35.1 Å². The van der Waals surface area contributed by atoms with Crippen molar-refractivity contribution in [2.75, 3.05) is 26.0 Å². The lowest BCUT2D eigenvalue weighted by Gasteiger charge is -2.12. The van der Waals surface area contributed by atoms with Crippen LogP contribution in [0.15, 0.2) is 36.5 Å². The normalized spacial score (nSPS) is 12.7. The number of alkyl halides is 3. The quantitative estimate of drug-likeness (QED) is 0.709.